The number of rotatable bonds is 6. The molecule has 0 saturated carbocycles. The molecule has 6 nitrogen and oxygen atoms in total. The first-order valence-electron chi connectivity index (χ1n) is 7.89. The number of hydrogen-bond donors (Lipinski definition) is 1. The molecule has 1 aliphatic rings. The molecule has 1 aromatic rings. The van der Waals surface area contributed by atoms with Gasteiger partial charge >= 0.3 is 0 Å². The van der Waals surface area contributed by atoms with Gasteiger partial charge in [-0.25, -0.2) is 0 Å². The van der Waals surface area contributed by atoms with Crippen molar-refractivity contribution in [1.29, 1.82) is 0 Å². The lowest BCUT2D eigenvalue weighted by Crippen LogP contribution is -2.35. The van der Waals surface area contributed by atoms with Gasteiger partial charge in [0.2, 0.25) is 11.8 Å². The van der Waals surface area contributed by atoms with E-state index in [0.29, 0.717) is 19.5 Å². The van der Waals surface area contributed by atoms with Crippen LogP contribution in [0, 0.1) is 19.8 Å². The van der Waals surface area contributed by atoms with Crippen molar-refractivity contribution in [2.24, 2.45) is 5.92 Å². The van der Waals surface area contributed by atoms with E-state index in [0.717, 1.165) is 29.9 Å². The Labute approximate surface area is 131 Å². The van der Waals surface area contributed by atoms with Gasteiger partial charge in [-0.2, -0.15) is 0 Å². The Morgan fingerprint density at radius 1 is 1.45 bits per heavy atom. The average molecular weight is 307 g/mol. The van der Waals surface area contributed by atoms with E-state index in [1.54, 1.807) is 4.90 Å². The number of carbonyl (C=O) groups excluding carboxylic acids is 2. The predicted octanol–water partition coefficient (Wildman–Crippen LogP) is 1.60. The molecule has 0 bridgehead atoms. The van der Waals surface area contributed by atoms with Crippen LogP contribution in [0.25, 0.3) is 0 Å². The van der Waals surface area contributed by atoms with Gasteiger partial charge in [0.15, 0.2) is 0 Å². The SMILES string of the molecule is Cc1noc(C)c1CCCNC(=O)[C@H]1CC(=O)N(C(C)C)C1. The maximum atomic E-state index is 12.1. The van der Waals surface area contributed by atoms with Crippen molar-refractivity contribution >= 4 is 11.8 Å². The van der Waals surface area contributed by atoms with Crippen molar-refractivity contribution in [2.45, 2.75) is 53.0 Å². The number of likely N-dealkylation sites (tertiary alicyclic amines) is 1. The maximum Gasteiger partial charge on any atom is 0.225 e. The highest BCUT2D eigenvalue weighted by molar-refractivity contribution is 5.89. The average Bonchev–Trinajstić information content (AvgIpc) is 2.99. The lowest BCUT2D eigenvalue weighted by Gasteiger charge is -2.20. The van der Waals surface area contributed by atoms with Gasteiger partial charge in [0, 0.05) is 31.1 Å². The summed E-state index contributed by atoms with van der Waals surface area (Å²) in [5, 5.41) is 6.86. The fourth-order valence-corrected chi connectivity index (χ4v) is 2.89. The zero-order chi connectivity index (χ0) is 16.3. The second-order valence-electron chi connectivity index (χ2n) is 6.24. The summed E-state index contributed by atoms with van der Waals surface area (Å²) in [6.45, 7) is 8.92. The molecule has 0 unspecified atom stereocenters. The summed E-state index contributed by atoms with van der Waals surface area (Å²) in [5.41, 5.74) is 2.04. The summed E-state index contributed by atoms with van der Waals surface area (Å²) in [4.78, 5) is 25.7. The van der Waals surface area contributed by atoms with Crippen LogP contribution < -0.4 is 5.32 Å². The third kappa shape index (κ3) is 3.67. The monoisotopic (exact) mass is 307 g/mol. The molecular formula is C16H25N3O3. The summed E-state index contributed by atoms with van der Waals surface area (Å²) in [7, 11) is 0. The van der Waals surface area contributed by atoms with Crippen LogP contribution in [0.4, 0.5) is 0 Å². The number of amides is 2. The number of hydrogen-bond acceptors (Lipinski definition) is 4. The fraction of sp³-hybridized carbons (Fsp3) is 0.688. The first-order valence-corrected chi connectivity index (χ1v) is 7.89. The third-order valence-electron chi connectivity index (χ3n) is 4.24. The van der Waals surface area contributed by atoms with E-state index in [4.69, 9.17) is 4.52 Å². The minimum Gasteiger partial charge on any atom is -0.361 e. The normalized spacial score (nSPS) is 18.3. The molecule has 2 rings (SSSR count). The Kier molecular flexibility index (Phi) is 5.21. The predicted molar refractivity (Wildman–Crippen MR) is 82.3 cm³/mol. The van der Waals surface area contributed by atoms with E-state index < -0.39 is 0 Å². The van der Waals surface area contributed by atoms with Crippen LogP contribution in [0.3, 0.4) is 0 Å². The van der Waals surface area contributed by atoms with Crippen molar-refractivity contribution < 1.29 is 14.1 Å². The van der Waals surface area contributed by atoms with Gasteiger partial charge in [-0.05, 0) is 40.5 Å². The molecule has 0 aromatic carbocycles. The maximum absolute atomic E-state index is 12.1. The topological polar surface area (TPSA) is 75.4 Å². The summed E-state index contributed by atoms with van der Waals surface area (Å²) in [5.74, 6) is 0.688. The van der Waals surface area contributed by atoms with Crippen molar-refractivity contribution in [3.63, 3.8) is 0 Å². The standard InChI is InChI=1S/C16H25N3O3/c1-10(2)19-9-13(8-15(19)20)16(21)17-7-5-6-14-11(3)18-22-12(14)4/h10,13H,5-9H2,1-4H3,(H,17,21)/t13-/m0/s1. The molecule has 1 N–H and O–H groups in total. The van der Waals surface area contributed by atoms with E-state index in [9.17, 15) is 9.59 Å². The van der Waals surface area contributed by atoms with Gasteiger partial charge in [-0.15, -0.1) is 0 Å². The highest BCUT2D eigenvalue weighted by Gasteiger charge is 2.35. The van der Waals surface area contributed by atoms with Crippen LogP contribution in [0.5, 0.6) is 0 Å². The Morgan fingerprint density at radius 3 is 2.73 bits per heavy atom. The quantitative estimate of drug-likeness (QED) is 0.810. The van der Waals surface area contributed by atoms with E-state index in [1.807, 2.05) is 27.7 Å². The first-order chi connectivity index (χ1) is 10.4. The lowest BCUT2D eigenvalue weighted by molar-refractivity contribution is -0.129. The Morgan fingerprint density at radius 2 is 2.18 bits per heavy atom. The molecule has 2 amide bonds. The lowest BCUT2D eigenvalue weighted by atomic mass is 10.1. The second kappa shape index (κ2) is 6.94. The van der Waals surface area contributed by atoms with Crippen LogP contribution in [0.1, 0.15) is 43.7 Å². The van der Waals surface area contributed by atoms with Crippen LogP contribution in [-0.2, 0) is 16.0 Å². The molecule has 0 aliphatic carbocycles. The van der Waals surface area contributed by atoms with Gasteiger partial charge in [0.1, 0.15) is 5.76 Å². The molecular weight excluding hydrogens is 282 g/mol. The van der Waals surface area contributed by atoms with E-state index in [1.165, 1.54) is 0 Å². The Balaban J connectivity index is 1.74. The van der Waals surface area contributed by atoms with E-state index >= 15 is 0 Å². The number of nitrogens with zero attached hydrogens (tertiary/aromatic N) is 2. The molecule has 2 heterocycles. The van der Waals surface area contributed by atoms with Gasteiger partial charge in [-0.1, -0.05) is 5.16 Å². The molecule has 122 valence electrons. The molecule has 1 aliphatic heterocycles. The number of carbonyl (C=O) groups is 2. The van der Waals surface area contributed by atoms with Gasteiger partial charge < -0.3 is 14.7 Å². The molecule has 6 heteroatoms. The van der Waals surface area contributed by atoms with Crippen molar-refractivity contribution in [3.05, 3.63) is 17.0 Å². The molecule has 22 heavy (non-hydrogen) atoms. The first kappa shape index (κ1) is 16.5. The minimum atomic E-state index is -0.214. The summed E-state index contributed by atoms with van der Waals surface area (Å²) in [6, 6.07) is 0.157. The Hall–Kier alpha value is -1.85. The fourth-order valence-electron chi connectivity index (χ4n) is 2.89. The van der Waals surface area contributed by atoms with Crippen LogP contribution in [0.2, 0.25) is 0 Å². The number of aryl methyl sites for hydroxylation is 2. The molecule has 1 saturated heterocycles. The summed E-state index contributed by atoms with van der Waals surface area (Å²) in [6.07, 6.45) is 2.00. The van der Waals surface area contributed by atoms with Crippen LogP contribution in [0.15, 0.2) is 4.52 Å². The van der Waals surface area contributed by atoms with Crippen LogP contribution in [-0.4, -0.2) is 41.0 Å². The smallest absolute Gasteiger partial charge is 0.225 e. The zero-order valence-electron chi connectivity index (χ0n) is 13.8. The van der Waals surface area contributed by atoms with Crippen molar-refractivity contribution in [2.75, 3.05) is 13.1 Å². The Bertz CT molecular complexity index is 531. The van der Waals surface area contributed by atoms with Crippen molar-refractivity contribution in [1.82, 2.24) is 15.4 Å². The molecule has 1 atom stereocenters. The summed E-state index contributed by atoms with van der Waals surface area (Å²) >= 11 is 0. The largest absolute Gasteiger partial charge is 0.361 e. The highest BCUT2D eigenvalue weighted by Crippen LogP contribution is 2.20. The third-order valence-corrected chi connectivity index (χ3v) is 4.24. The van der Waals surface area contributed by atoms with Gasteiger partial charge in [0.25, 0.3) is 0 Å². The van der Waals surface area contributed by atoms with Crippen LogP contribution >= 0.6 is 0 Å². The molecule has 0 radical (unpaired) electrons. The molecule has 1 aromatic heterocycles. The second-order valence-corrected chi connectivity index (χ2v) is 6.24. The number of nitrogens with one attached hydrogen (secondary N) is 1. The number of aromatic nitrogens is 1. The zero-order valence-corrected chi connectivity index (χ0v) is 13.8. The highest BCUT2D eigenvalue weighted by atomic mass is 16.5. The van der Waals surface area contributed by atoms with Gasteiger partial charge in [-0.3, -0.25) is 9.59 Å². The van der Waals surface area contributed by atoms with Crippen molar-refractivity contribution in [3.8, 4) is 0 Å². The van der Waals surface area contributed by atoms with Gasteiger partial charge in [0.05, 0.1) is 11.6 Å². The minimum absolute atomic E-state index is 0.0183. The van der Waals surface area contributed by atoms with E-state index in [2.05, 4.69) is 10.5 Å². The van der Waals surface area contributed by atoms with E-state index in [-0.39, 0.29) is 23.8 Å². The molecule has 1 fully saturated rings. The summed E-state index contributed by atoms with van der Waals surface area (Å²) < 4.78 is 5.12. The molecule has 0 spiro atoms.